The van der Waals surface area contributed by atoms with E-state index < -0.39 is 4.92 Å². The van der Waals surface area contributed by atoms with E-state index in [1.54, 1.807) is 12.1 Å². The van der Waals surface area contributed by atoms with Crippen molar-refractivity contribution in [3.8, 4) is 17.2 Å². The minimum absolute atomic E-state index is 0.0344. The van der Waals surface area contributed by atoms with Gasteiger partial charge in [0.25, 0.3) is 10.9 Å². The number of halogens is 1. The normalized spacial score (nSPS) is 10.6. The Morgan fingerprint density at radius 3 is 2.69 bits per heavy atom. The Kier molecular flexibility index (Phi) is 6.35. The van der Waals surface area contributed by atoms with Crippen LogP contribution < -0.4 is 10.1 Å². The van der Waals surface area contributed by atoms with Crippen LogP contribution in [0.3, 0.4) is 0 Å². The number of anilines is 1. The number of hydrogen-bond donors (Lipinski definition) is 1. The molecule has 0 aliphatic carbocycles. The number of nitrogens with one attached hydrogen (secondary N) is 1. The maximum atomic E-state index is 12.3. The van der Waals surface area contributed by atoms with E-state index in [2.05, 4.69) is 15.5 Å². The lowest BCUT2D eigenvalue weighted by Gasteiger charge is -2.11. The van der Waals surface area contributed by atoms with Crippen LogP contribution in [-0.4, -0.2) is 33.9 Å². The van der Waals surface area contributed by atoms with Gasteiger partial charge in [-0.25, -0.2) is 0 Å². The molecule has 0 saturated carbocycles. The molecule has 0 aliphatic rings. The summed E-state index contributed by atoms with van der Waals surface area (Å²) in [7, 11) is 1.49. The van der Waals surface area contributed by atoms with Crippen LogP contribution >= 0.6 is 23.4 Å². The van der Waals surface area contributed by atoms with Crippen molar-refractivity contribution in [3.63, 3.8) is 0 Å². The Labute approximate surface area is 174 Å². The van der Waals surface area contributed by atoms with Crippen LogP contribution in [0.4, 0.5) is 11.4 Å². The monoisotopic (exact) mass is 434 g/mol. The summed E-state index contributed by atoms with van der Waals surface area (Å²) in [5.41, 5.74) is 1.82. The minimum Gasteiger partial charge on any atom is -0.495 e. The lowest BCUT2D eigenvalue weighted by molar-refractivity contribution is -0.384. The molecule has 0 aliphatic heterocycles. The molecule has 0 spiro atoms. The van der Waals surface area contributed by atoms with Crippen molar-refractivity contribution in [1.82, 2.24) is 10.2 Å². The van der Waals surface area contributed by atoms with Crippen LogP contribution in [0.25, 0.3) is 11.5 Å². The van der Waals surface area contributed by atoms with Crippen molar-refractivity contribution < 1.29 is 18.9 Å². The number of nitro benzene ring substituents is 1. The average molecular weight is 435 g/mol. The van der Waals surface area contributed by atoms with E-state index in [1.807, 2.05) is 6.92 Å². The highest BCUT2D eigenvalue weighted by Gasteiger charge is 2.14. The third-order valence-electron chi connectivity index (χ3n) is 3.81. The van der Waals surface area contributed by atoms with E-state index in [9.17, 15) is 14.9 Å². The summed E-state index contributed by atoms with van der Waals surface area (Å²) in [5, 5.41) is 22.0. The van der Waals surface area contributed by atoms with E-state index in [1.165, 1.54) is 31.4 Å². The highest BCUT2D eigenvalue weighted by Crippen LogP contribution is 2.31. The second-order valence-corrected chi connectivity index (χ2v) is 7.15. The number of amides is 1. The first-order valence-corrected chi connectivity index (χ1v) is 9.59. The second kappa shape index (κ2) is 8.93. The average Bonchev–Trinajstić information content (AvgIpc) is 3.18. The molecule has 11 heteroatoms. The van der Waals surface area contributed by atoms with Gasteiger partial charge >= 0.3 is 0 Å². The van der Waals surface area contributed by atoms with E-state index >= 15 is 0 Å². The molecule has 150 valence electrons. The smallest absolute Gasteiger partial charge is 0.277 e. The fraction of sp³-hybridized carbons (Fsp3) is 0.167. The number of thioether (sulfide) groups is 1. The molecule has 9 nitrogen and oxygen atoms in total. The van der Waals surface area contributed by atoms with Crippen LogP contribution in [0, 0.1) is 17.0 Å². The Morgan fingerprint density at radius 2 is 2.03 bits per heavy atom. The number of aryl methyl sites for hydroxylation is 1. The number of carbonyl (C=O) groups is 1. The summed E-state index contributed by atoms with van der Waals surface area (Å²) in [5.74, 6) is 0.410. The van der Waals surface area contributed by atoms with Crippen molar-refractivity contribution in [2.24, 2.45) is 0 Å². The van der Waals surface area contributed by atoms with Crippen molar-refractivity contribution >= 4 is 40.6 Å². The van der Waals surface area contributed by atoms with Gasteiger partial charge in [-0.15, -0.1) is 10.2 Å². The van der Waals surface area contributed by atoms with Crippen LogP contribution in [0.2, 0.25) is 5.02 Å². The standard InChI is InChI=1S/C18H15ClN4O5S/c1-10-7-14(15(27-2)8-13(10)19)20-16(24)9-29-18-22-21-17(28-18)11-3-5-12(6-4-11)23(25)26/h3-8H,9H2,1-2H3,(H,20,24). The van der Waals surface area contributed by atoms with Gasteiger partial charge in [0.05, 0.1) is 23.5 Å². The summed E-state index contributed by atoms with van der Waals surface area (Å²) in [4.78, 5) is 22.5. The van der Waals surface area contributed by atoms with Crippen molar-refractivity contribution in [2.75, 3.05) is 18.2 Å². The first-order valence-electron chi connectivity index (χ1n) is 8.22. The molecular formula is C18H15ClN4O5S. The topological polar surface area (TPSA) is 120 Å². The number of ether oxygens (including phenoxy) is 1. The number of nitro groups is 1. The molecule has 3 aromatic rings. The third kappa shape index (κ3) is 5.04. The zero-order chi connectivity index (χ0) is 21.0. The quantitative estimate of drug-likeness (QED) is 0.331. The number of hydrogen-bond acceptors (Lipinski definition) is 8. The van der Waals surface area contributed by atoms with Gasteiger partial charge in [-0.3, -0.25) is 14.9 Å². The lowest BCUT2D eigenvalue weighted by Crippen LogP contribution is -2.15. The van der Waals surface area contributed by atoms with E-state index in [0.29, 0.717) is 22.0 Å². The maximum absolute atomic E-state index is 12.3. The molecule has 3 rings (SSSR count). The number of non-ortho nitro benzene ring substituents is 1. The Hall–Kier alpha value is -3.11. The Morgan fingerprint density at radius 1 is 1.31 bits per heavy atom. The molecule has 2 aromatic carbocycles. The highest BCUT2D eigenvalue weighted by molar-refractivity contribution is 7.99. The predicted octanol–water partition coefficient (Wildman–Crippen LogP) is 4.35. The van der Waals surface area contributed by atoms with E-state index in [4.69, 9.17) is 20.8 Å². The Balaban J connectivity index is 1.62. The molecule has 0 unspecified atom stereocenters. The molecule has 0 atom stereocenters. The van der Waals surface area contributed by atoms with E-state index in [0.717, 1.165) is 17.3 Å². The van der Waals surface area contributed by atoms with Crippen molar-refractivity contribution in [3.05, 3.63) is 57.1 Å². The highest BCUT2D eigenvalue weighted by atomic mass is 35.5. The van der Waals surface area contributed by atoms with E-state index in [-0.39, 0.29) is 28.5 Å². The fourth-order valence-electron chi connectivity index (χ4n) is 2.35. The van der Waals surface area contributed by atoms with Crippen LogP contribution in [-0.2, 0) is 4.79 Å². The summed E-state index contributed by atoms with van der Waals surface area (Å²) in [6.45, 7) is 1.82. The number of methoxy groups -OCH3 is 1. The second-order valence-electron chi connectivity index (χ2n) is 5.82. The fourth-order valence-corrected chi connectivity index (χ4v) is 3.07. The molecule has 0 radical (unpaired) electrons. The van der Waals surface area contributed by atoms with Crippen LogP contribution in [0.15, 0.2) is 46.0 Å². The maximum Gasteiger partial charge on any atom is 0.277 e. The molecular weight excluding hydrogens is 420 g/mol. The van der Waals surface area contributed by atoms with Crippen molar-refractivity contribution in [1.29, 1.82) is 0 Å². The van der Waals surface area contributed by atoms with Gasteiger partial charge in [-0.05, 0) is 30.7 Å². The van der Waals surface area contributed by atoms with Crippen molar-refractivity contribution in [2.45, 2.75) is 12.1 Å². The lowest BCUT2D eigenvalue weighted by atomic mass is 10.2. The van der Waals surface area contributed by atoms with Gasteiger partial charge in [-0.2, -0.15) is 0 Å². The molecule has 1 N–H and O–H groups in total. The summed E-state index contributed by atoms with van der Waals surface area (Å²) >= 11 is 7.13. The number of rotatable bonds is 7. The molecule has 1 heterocycles. The number of carbonyl (C=O) groups excluding carboxylic acids is 1. The molecule has 29 heavy (non-hydrogen) atoms. The molecule has 1 amide bonds. The van der Waals surface area contributed by atoms with Crippen LogP contribution in [0.1, 0.15) is 5.56 Å². The number of nitrogens with zero attached hydrogens (tertiary/aromatic N) is 3. The van der Waals surface area contributed by atoms with Gasteiger partial charge in [0.1, 0.15) is 5.75 Å². The zero-order valence-corrected chi connectivity index (χ0v) is 16.9. The zero-order valence-electron chi connectivity index (χ0n) is 15.3. The molecule has 1 aromatic heterocycles. The van der Waals surface area contributed by atoms with Gasteiger partial charge in [0.15, 0.2) is 0 Å². The number of benzene rings is 2. The largest absolute Gasteiger partial charge is 0.495 e. The van der Waals surface area contributed by atoms with Gasteiger partial charge < -0.3 is 14.5 Å². The first-order chi connectivity index (χ1) is 13.9. The molecule has 0 saturated heterocycles. The summed E-state index contributed by atoms with van der Waals surface area (Å²) in [6.07, 6.45) is 0. The third-order valence-corrected chi connectivity index (χ3v) is 5.04. The SMILES string of the molecule is COc1cc(Cl)c(C)cc1NC(=O)CSc1nnc(-c2ccc([N+](=O)[O-])cc2)o1. The minimum atomic E-state index is -0.491. The molecule has 0 fully saturated rings. The Bertz CT molecular complexity index is 1050. The first kappa shape index (κ1) is 20.6. The van der Waals surface area contributed by atoms with Gasteiger partial charge in [-0.1, -0.05) is 23.4 Å². The van der Waals surface area contributed by atoms with Gasteiger partial charge in [0, 0.05) is 28.8 Å². The summed E-state index contributed by atoms with van der Waals surface area (Å²) in [6, 6.07) is 9.09. The summed E-state index contributed by atoms with van der Waals surface area (Å²) < 4.78 is 10.7. The predicted molar refractivity (Wildman–Crippen MR) is 108 cm³/mol. The van der Waals surface area contributed by atoms with Crippen LogP contribution in [0.5, 0.6) is 5.75 Å². The molecule has 0 bridgehead atoms. The number of aromatic nitrogens is 2. The van der Waals surface area contributed by atoms with Gasteiger partial charge in [0.2, 0.25) is 11.8 Å².